The molecule has 304 valence electrons. The predicted molar refractivity (Wildman–Crippen MR) is 178 cm³/mol. The van der Waals surface area contributed by atoms with Gasteiger partial charge in [0.25, 0.3) is 40.5 Å². The quantitative estimate of drug-likeness (QED) is 0.0883. The van der Waals surface area contributed by atoms with Crippen molar-refractivity contribution in [2.24, 2.45) is 0 Å². The Morgan fingerprint density at radius 2 is 0.491 bits per heavy atom. The number of para-hydroxylation sites is 4. The van der Waals surface area contributed by atoms with Crippen LogP contribution in [0.15, 0.2) is 117 Å². The summed E-state index contributed by atoms with van der Waals surface area (Å²) < 4.78 is 178. The Labute approximate surface area is 340 Å². The minimum atomic E-state index is -4.47. The summed E-state index contributed by atoms with van der Waals surface area (Å²) in [5.41, 5.74) is 0. The monoisotopic (exact) mass is 992 g/mol. The second kappa shape index (κ2) is 23.9. The van der Waals surface area contributed by atoms with Crippen molar-refractivity contribution in [1.82, 2.24) is 0 Å². The maximum atomic E-state index is 10.7. The molecule has 0 aliphatic heterocycles. The van der Waals surface area contributed by atoms with Crippen molar-refractivity contribution in [1.29, 1.82) is 0 Å². The Kier molecular flexibility index (Phi) is 22.5. The van der Waals surface area contributed by atoms with E-state index in [0.29, 0.717) is 0 Å². The molecule has 4 unspecified atom stereocenters. The summed E-state index contributed by atoms with van der Waals surface area (Å²) in [6.07, 6.45) is 0. The molecule has 24 nitrogen and oxygen atoms in total. The first-order valence-electron chi connectivity index (χ1n) is 13.2. The molecule has 57 heavy (non-hydrogen) atoms. The molecule has 4 N–H and O–H groups in total. The number of hydrogen-bond acceptors (Lipinski definition) is 20. The molecule has 0 aromatic heterocycles. The predicted octanol–water partition coefficient (Wildman–Crippen LogP) is 1.32. The third kappa shape index (κ3) is 20.8. The summed E-state index contributed by atoms with van der Waals surface area (Å²) in [6.45, 7) is 0. The number of benzene rings is 4. The van der Waals surface area contributed by atoms with Crippen LogP contribution in [0, 0.1) is 0 Å². The molecule has 0 saturated heterocycles. The van der Waals surface area contributed by atoms with Crippen LogP contribution < -0.4 is 37.7 Å². The van der Waals surface area contributed by atoms with Gasteiger partial charge in [-0.05, 0) is 66.8 Å². The Hall–Kier alpha value is -3.33. The van der Waals surface area contributed by atoms with Crippen LogP contribution in [0.4, 0.5) is 0 Å². The summed E-state index contributed by atoms with van der Waals surface area (Å²) in [4.78, 5) is 38.4. The molecular weight excluding hydrogens is 972 g/mol. The third-order valence-electron chi connectivity index (χ3n) is 5.20. The zero-order valence-corrected chi connectivity index (χ0v) is 35.5. The number of hydrogen-bond donors (Lipinski definition) is 4. The molecule has 4 rings (SSSR count). The normalized spacial score (nSPS) is 12.1. The average Bonchev–Trinajstić information content (AvgIpc) is 3.04. The molecule has 0 saturated carbocycles. The molecule has 0 bridgehead atoms. The zero-order chi connectivity index (χ0) is 43.1. The zero-order valence-electron chi connectivity index (χ0n) is 27.1. The molecule has 0 spiro atoms. The Morgan fingerprint density at radius 3 is 0.614 bits per heavy atom. The molecule has 4 atom stereocenters. The first-order chi connectivity index (χ1) is 25.6. The van der Waals surface area contributed by atoms with Crippen LogP contribution in [0.2, 0.25) is 0 Å². The van der Waals surface area contributed by atoms with Crippen molar-refractivity contribution in [3.63, 3.8) is 0 Å². The van der Waals surface area contributed by atoms with E-state index in [1.807, 2.05) is 0 Å². The Morgan fingerprint density at radius 1 is 0.351 bits per heavy atom. The number of rotatable bonds is 12. The molecule has 0 fully saturated rings. The largest absolute Gasteiger partial charge is 4.00 e. The molecule has 0 radical (unpaired) electrons. The summed E-state index contributed by atoms with van der Waals surface area (Å²) in [7, 11) is -30.7. The molecule has 0 aliphatic carbocycles. The second-order valence-electron chi connectivity index (χ2n) is 8.95. The molecule has 4 aromatic carbocycles. The summed E-state index contributed by atoms with van der Waals surface area (Å²) in [5, 5.41) is 0. The maximum absolute atomic E-state index is 10.7. The molecule has 0 amide bonds. The third-order valence-corrected chi connectivity index (χ3v) is 10.2. The van der Waals surface area contributed by atoms with Crippen LogP contribution in [0.3, 0.4) is 0 Å². The molecule has 0 aliphatic rings. The van der Waals surface area contributed by atoms with Crippen LogP contribution >= 0.6 is 33.0 Å². The van der Waals surface area contributed by atoms with Gasteiger partial charge in [0.15, 0.2) is 0 Å². The first-order valence-corrected chi connectivity index (χ1v) is 23.3. The smallest absolute Gasteiger partial charge is 0.558 e. The first kappa shape index (κ1) is 53.7. The van der Waals surface area contributed by atoms with Crippen LogP contribution in [0.25, 0.3) is 0 Å². The Balaban J connectivity index is 0.000000729. The van der Waals surface area contributed by atoms with Gasteiger partial charge in [0.1, 0.15) is 19.6 Å². The topological polar surface area (TPSA) is 415 Å². The molecular formula is C24H20O24P4S4Ti+4. The summed E-state index contributed by atoms with van der Waals surface area (Å²) in [6, 6.07) is 19.4. The van der Waals surface area contributed by atoms with E-state index in [1.54, 1.807) is 0 Å². The minimum Gasteiger partial charge on any atom is -0.558 e. The van der Waals surface area contributed by atoms with Crippen LogP contribution in [0.1, 0.15) is 0 Å². The van der Waals surface area contributed by atoms with E-state index in [1.165, 1.54) is 48.5 Å². The van der Waals surface area contributed by atoms with Gasteiger partial charge >= 0.3 is 54.7 Å². The van der Waals surface area contributed by atoms with Crippen molar-refractivity contribution in [2.45, 2.75) is 19.6 Å². The van der Waals surface area contributed by atoms with E-state index in [-0.39, 0.29) is 21.7 Å². The summed E-state index contributed by atoms with van der Waals surface area (Å²) >= 11 is 0. The fourth-order valence-corrected chi connectivity index (χ4v) is 7.26. The van der Waals surface area contributed by atoms with Crippen LogP contribution in [-0.2, 0) is 80.5 Å². The molecule has 33 heteroatoms. The second-order valence-corrected chi connectivity index (χ2v) is 17.0. The fourth-order valence-electron chi connectivity index (χ4n) is 3.28. The maximum Gasteiger partial charge on any atom is 4.00 e. The van der Waals surface area contributed by atoms with Gasteiger partial charge in [0.05, 0.1) is 0 Å². The van der Waals surface area contributed by atoms with Gasteiger partial charge in [-0.2, -0.15) is 33.7 Å². The van der Waals surface area contributed by atoms with Gasteiger partial charge in [0, 0.05) is 0 Å². The van der Waals surface area contributed by atoms with E-state index in [0.717, 1.165) is 48.5 Å². The van der Waals surface area contributed by atoms with Crippen LogP contribution in [-0.4, -0.2) is 51.9 Å². The van der Waals surface area contributed by atoms with Crippen molar-refractivity contribution in [2.75, 3.05) is 0 Å². The van der Waals surface area contributed by atoms with Crippen LogP contribution in [0.5, 0.6) is 23.0 Å². The SMILES string of the molecule is O=[P+]([O-])Oc1ccccc1S(=O)(=O)O.O=[P+]([O-])Oc1ccccc1S(=O)(=O)O.O=[P+]([O-])Oc1ccccc1S(=O)(=O)O.O=[P+]([O-])Oc1ccccc1S(=O)(=O)O.[Ti+4]. The van der Waals surface area contributed by atoms with E-state index >= 15 is 0 Å². The molecule has 0 heterocycles. The van der Waals surface area contributed by atoms with E-state index in [2.05, 4.69) is 18.1 Å². The minimum absolute atomic E-state index is 0. The van der Waals surface area contributed by atoms with Gasteiger partial charge in [-0.25, -0.2) is 0 Å². The van der Waals surface area contributed by atoms with Crippen molar-refractivity contribution in [3.8, 4) is 23.0 Å². The van der Waals surface area contributed by atoms with E-state index < -0.39 is 116 Å². The molecule has 4 aromatic rings. The van der Waals surface area contributed by atoms with Crippen molar-refractivity contribution >= 4 is 73.5 Å². The average molecular weight is 992 g/mol. The van der Waals surface area contributed by atoms with E-state index in [9.17, 15) is 71.5 Å². The van der Waals surface area contributed by atoms with Crippen molar-refractivity contribution in [3.05, 3.63) is 97.1 Å². The fraction of sp³-hybridized carbons (Fsp3) is 0. The van der Waals surface area contributed by atoms with Gasteiger partial charge in [-0.15, -0.1) is 0 Å². The Bertz CT molecular complexity index is 2170. The summed E-state index contributed by atoms with van der Waals surface area (Å²) in [5.74, 6) is -1.70. The van der Waals surface area contributed by atoms with Crippen molar-refractivity contribution < 1.29 is 130 Å². The van der Waals surface area contributed by atoms with Gasteiger partial charge < -0.3 is 19.6 Å². The van der Waals surface area contributed by atoms with Gasteiger partial charge in [-0.3, -0.25) is 36.3 Å². The van der Waals surface area contributed by atoms with E-state index in [4.69, 9.17) is 18.2 Å². The van der Waals surface area contributed by atoms with Gasteiger partial charge in [0.2, 0.25) is 23.0 Å². The van der Waals surface area contributed by atoms with Gasteiger partial charge in [-0.1, -0.05) is 48.5 Å². The standard InChI is InChI=1S/4C6H5O6PS.Ti/c4*7-13(8)12-5-3-1-2-4-6(5)14(9,10)11;/h4*1-4H,(H,9,10,11);/q;;;;+4.